The average molecular weight is 597 g/mol. The van der Waals surface area contributed by atoms with Crippen LogP contribution in [0.5, 0.6) is 11.5 Å². The number of pyridine rings is 1. The summed E-state index contributed by atoms with van der Waals surface area (Å²) < 4.78 is 13.8. The van der Waals surface area contributed by atoms with Gasteiger partial charge in [-0.15, -0.1) is 0 Å². The Morgan fingerprint density at radius 2 is 2.11 bits per heavy atom. The number of aromatic nitrogens is 1. The molecular formula is C29H27BrClN3O4. The Balaban J connectivity index is 1.41. The van der Waals surface area contributed by atoms with Gasteiger partial charge >= 0.3 is 5.97 Å². The molecule has 1 aromatic heterocycles. The zero-order valence-corrected chi connectivity index (χ0v) is 23.0. The normalized spacial score (nSPS) is 19.0. The quantitative estimate of drug-likeness (QED) is 0.326. The van der Waals surface area contributed by atoms with Crippen LogP contribution < -0.4 is 9.47 Å². The van der Waals surface area contributed by atoms with Crippen molar-refractivity contribution >= 4 is 33.5 Å². The minimum absolute atomic E-state index is 0.117. The van der Waals surface area contributed by atoms with Crippen molar-refractivity contribution < 1.29 is 19.4 Å². The van der Waals surface area contributed by atoms with E-state index >= 15 is 0 Å². The van der Waals surface area contributed by atoms with Crippen molar-refractivity contribution in [3.63, 3.8) is 0 Å². The standard InChI is InChI=1S/C29H27BrClN3O4/c30-24-5-1-4-23-22(24)6-7-26(23)38-28-11-27(37-17-19-9-18(12-32)13-33-14-19)21(10-25(28)31)16-34-8-2-3-20(15-34)29(35)36/h1,4-5,9-11,13-14,20,26H,2-3,6-8,15-17H2,(H,35,36)/t20-,26-/m0/s1. The van der Waals surface area contributed by atoms with E-state index in [0.717, 1.165) is 47.0 Å². The van der Waals surface area contributed by atoms with Crippen LogP contribution in [0.1, 0.15) is 53.2 Å². The van der Waals surface area contributed by atoms with Crippen molar-refractivity contribution in [1.82, 2.24) is 9.88 Å². The van der Waals surface area contributed by atoms with Crippen LogP contribution in [0.3, 0.4) is 0 Å². The maximum absolute atomic E-state index is 11.6. The summed E-state index contributed by atoms with van der Waals surface area (Å²) in [4.78, 5) is 17.8. The summed E-state index contributed by atoms with van der Waals surface area (Å²) in [5.74, 6) is -0.0000622. The van der Waals surface area contributed by atoms with Gasteiger partial charge in [-0.25, -0.2) is 0 Å². The number of piperidine rings is 1. The number of fused-ring (bicyclic) bond motifs is 1. The molecule has 2 aromatic carbocycles. The number of benzene rings is 2. The second-order valence-electron chi connectivity index (χ2n) is 9.74. The lowest BCUT2D eigenvalue weighted by atomic mass is 9.98. The van der Waals surface area contributed by atoms with Gasteiger partial charge in [-0.1, -0.05) is 39.7 Å². The van der Waals surface area contributed by atoms with Gasteiger partial charge in [0.25, 0.3) is 0 Å². The van der Waals surface area contributed by atoms with Crippen LogP contribution in [0, 0.1) is 17.2 Å². The zero-order chi connectivity index (χ0) is 26.6. The van der Waals surface area contributed by atoms with E-state index in [1.165, 1.54) is 11.8 Å². The first-order valence-corrected chi connectivity index (χ1v) is 13.8. The van der Waals surface area contributed by atoms with E-state index in [1.54, 1.807) is 12.3 Å². The van der Waals surface area contributed by atoms with Gasteiger partial charge in [-0.05, 0) is 61.6 Å². The zero-order valence-electron chi connectivity index (χ0n) is 20.7. The van der Waals surface area contributed by atoms with E-state index < -0.39 is 5.97 Å². The summed E-state index contributed by atoms with van der Waals surface area (Å²) in [5, 5.41) is 19.2. The number of carboxylic acid groups (broad SMARTS) is 1. The smallest absolute Gasteiger partial charge is 0.307 e. The third-order valence-corrected chi connectivity index (χ3v) is 8.15. The second kappa shape index (κ2) is 11.7. The molecular weight excluding hydrogens is 570 g/mol. The first kappa shape index (κ1) is 26.5. The molecule has 0 radical (unpaired) electrons. The van der Waals surface area contributed by atoms with Crippen molar-refractivity contribution in [3.05, 3.63) is 86.1 Å². The first-order valence-electron chi connectivity index (χ1n) is 12.6. The molecule has 2 atom stereocenters. The topological polar surface area (TPSA) is 95.7 Å². The summed E-state index contributed by atoms with van der Waals surface area (Å²) in [6, 6.07) is 13.7. The third kappa shape index (κ3) is 5.96. The number of carbonyl (C=O) groups is 1. The van der Waals surface area contributed by atoms with E-state index in [1.807, 2.05) is 24.3 Å². The number of carboxylic acids is 1. The predicted molar refractivity (Wildman–Crippen MR) is 146 cm³/mol. The van der Waals surface area contributed by atoms with Crippen molar-refractivity contribution in [2.75, 3.05) is 13.1 Å². The summed E-state index contributed by atoms with van der Waals surface area (Å²) in [6.07, 6.45) is 6.34. The molecule has 9 heteroatoms. The maximum atomic E-state index is 11.6. The lowest BCUT2D eigenvalue weighted by Gasteiger charge is -2.31. The van der Waals surface area contributed by atoms with E-state index in [2.05, 4.69) is 37.9 Å². The van der Waals surface area contributed by atoms with Gasteiger partial charge in [0.2, 0.25) is 0 Å². The number of hydrogen-bond acceptors (Lipinski definition) is 6. The highest BCUT2D eigenvalue weighted by molar-refractivity contribution is 9.10. The maximum Gasteiger partial charge on any atom is 0.307 e. The number of ether oxygens (including phenoxy) is 2. The van der Waals surface area contributed by atoms with Crippen molar-refractivity contribution in [2.45, 2.75) is 44.9 Å². The average Bonchev–Trinajstić information content (AvgIpc) is 3.33. The van der Waals surface area contributed by atoms with E-state index in [4.69, 9.17) is 21.1 Å². The van der Waals surface area contributed by atoms with Crippen LogP contribution in [0.4, 0.5) is 0 Å². The number of halogens is 2. The highest BCUT2D eigenvalue weighted by atomic mass is 79.9. The molecule has 0 amide bonds. The molecule has 0 bridgehead atoms. The minimum atomic E-state index is -0.763. The largest absolute Gasteiger partial charge is 0.488 e. The fraction of sp³-hybridized carbons (Fsp3) is 0.345. The SMILES string of the molecule is N#Cc1cncc(COc2cc(O[C@H]3CCc4c(Br)cccc43)c(Cl)cc2CN2CCC[C@H](C(=O)O)C2)c1. The van der Waals surface area contributed by atoms with Crippen LogP contribution in [-0.4, -0.2) is 34.0 Å². The van der Waals surface area contributed by atoms with Gasteiger partial charge in [0.05, 0.1) is 16.5 Å². The highest BCUT2D eigenvalue weighted by Gasteiger charge is 2.28. The Labute approximate surface area is 235 Å². The summed E-state index contributed by atoms with van der Waals surface area (Å²) >= 11 is 10.4. The molecule has 1 fully saturated rings. The lowest BCUT2D eigenvalue weighted by molar-refractivity contribution is -0.143. The van der Waals surface area contributed by atoms with Crippen LogP contribution in [0.15, 0.2) is 53.3 Å². The van der Waals surface area contributed by atoms with Gasteiger partial charge in [-0.3, -0.25) is 14.7 Å². The number of hydrogen-bond donors (Lipinski definition) is 1. The Morgan fingerprint density at radius 3 is 2.92 bits per heavy atom. The van der Waals surface area contributed by atoms with Gasteiger partial charge in [0, 0.05) is 47.1 Å². The Kier molecular flexibility index (Phi) is 8.18. The monoisotopic (exact) mass is 595 g/mol. The third-order valence-electron chi connectivity index (χ3n) is 7.11. The number of nitrogens with zero attached hydrogens (tertiary/aromatic N) is 3. The number of aliphatic carboxylic acids is 1. The molecule has 38 heavy (non-hydrogen) atoms. The van der Waals surface area contributed by atoms with E-state index in [9.17, 15) is 15.2 Å². The molecule has 196 valence electrons. The fourth-order valence-electron chi connectivity index (χ4n) is 5.20. The van der Waals surface area contributed by atoms with Crippen molar-refractivity contribution in [3.8, 4) is 17.6 Å². The molecule has 2 heterocycles. The molecule has 3 aromatic rings. The van der Waals surface area contributed by atoms with Crippen LogP contribution in [0.25, 0.3) is 0 Å². The first-order chi connectivity index (χ1) is 18.4. The summed E-state index contributed by atoms with van der Waals surface area (Å²) in [6.45, 7) is 2.01. The number of rotatable bonds is 8. The van der Waals surface area contributed by atoms with Crippen LogP contribution in [0.2, 0.25) is 5.02 Å². The molecule has 1 saturated heterocycles. The van der Waals surface area contributed by atoms with Crippen molar-refractivity contribution in [2.24, 2.45) is 5.92 Å². The minimum Gasteiger partial charge on any atom is -0.488 e. The molecule has 1 aliphatic carbocycles. The van der Waals surface area contributed by atoms with Crippen molar-refractivity contribution in [1.29, 1.82) is 5.26 Å². The Bertz CT molecular complexity index is 1390. The Hall–Kier alpha value is -3.12. The molecule has 0 spiro atoms. The van der Waals surface area contributed by atoms with E-state index in [0.29, 0.717) is 41.6 Å². The lowest BCUT2D eigenvalue weighted by Crippen LogP contribution is -2.38. The summed E-state index contributed by atoms with van der Waals surface area (Å²) in [5.41, 5.74) is 4.49. The van der Waals surface area contributed by atoms with Gasteiger partial charge in [-0.2, -0.15) is 5.26 Å². The fourth-order valence-corrected chi connectivity index (χ4v) is 6.01. The van der Waals surface area contributed by atoms with Gasteiger partial charge < -0.3 is 14.6 Å². The van der Waals surface area contributed by atoms with Gasteiger partial charge in [0.1, 0.15) is 30.3 Å². The predicted octanol–water partition coefficient (Wildman–Crippen LogP) is 6.31. The molecule has 1 N–H and O–H groups in total. The number of nitriles is 1. The highest BCUT2D eigenvalue weighted by Crippen LogP contribution is 2.42. The molecule has 0 unspecified atom stereocenters. The molecule has 7 nitrogen and oxygen atoms in total. The molecule has 5 rings (SSSR count). The second-order valence-corrected chi connectivity index (χ2v) is 11.0. The van der Waals surface area contributed by atoms with Gasteiger partial charge in [0.15, 0.2) is 0 Å². The molecule has 1 aliphatic heterocycles. The molecule has 0 saturated carbocycles. The van der Waals surface area contributed by atoms with E-state index in [-0.39, 0.29) is 18.6 Å². The summed E-state index contributed by atoms with van der Waals surface area (Å²) in [7, 11) is 0. The van der Waals surface area contributed by atoms with Crippen LogP contribution >= 0.6 is 27.5 Å². The molecule has 2 aliphatic rings. The van der Waals surface area contributed by atoms with Crippen LogP contribution in [-0.2, 0) is 24.4 Å². The number of likely N-dealkylation sites (tertiary alicyclic amines) is 1. The Morgan fingerprint density at radius 1 is 1.24 bits per heavy atom.